The molecule has 4 heterocycles. The fourth-order valence-corrected chi connectivity index (χ4v) is 8.32. The summed E-state index contributed by atoms with van der Waals surface area (Å²) in [4.78, 5) is 25.8. The van der Waals surface area contributed by atoms with E-state index in [9.17, 15) is 19.8 Å². The van der Waals surface area contributed by atoms with E-state index in [2.05, 4.69) is 6.08 Å². The highest BCUT2D eigenvalue weighted by Crippen LogP contribution is 2.64. The van der Waals surface area contributed by atoms with E-state index in [1.807, 2.05) is 26.8 Å². The van der Waals surface area contributed by atoms with Gasteiger partial charge in [-0.05, 0) is 71.8 Å². The van der Waals surface area contributed by atoms with Crippen LogP contribution in [0.3, 0.4) is 0 Å². The maximum atomic E-state index is 13.2. The van der Waals surface area contributed by atoms with Crippen LogP contribution in [-0.2, 0) is 23.8 Å². The van der Waals surface area contributed by atoms with Gasteiger partial charge in [0, 0.05) is 30.3 Å². The van der Waals surface area contributed by atoms with Crippen LogP contribution in [0.15, 0.2) is 34.9 Å². The minimum atomic E-state index is -1.46. The van der Waals surface area contributed by atoms with E-state index < -0.39 is 34.8 Å². The molecular weight excluding hydrogens is 448 g/mol. The molecule has 7 nitrogen and oxygen atoms in total. The Balaban J connectivity index is 1.38. The smallest absolute Gasteiger partial charge is 0.334 e. The minimum Gasteiger partial charge on any atom is -0.456 e. The lowest BCUT2D eigenvalue weighted by Crippen LogP contribution is -2.62. The van der Waals surface area contributed by atoms with Gasteiger partial charge in [-0.25, -0.2) is 4.79 Å². The van der Waals surface area contributed by atoms with Crippen molar-refractivity contribution < 1.29 is 34.0 Å². The first-order valence-corrected chi connectivity index (χ1v) is 13.0. The van der Waals surface area contributed by atoms with Gasteiger partial charge in [-0.2, -0.15) is 0 Å². The second-order valence-electron chi connectivity index (χ2n) is 12.0. The zero-order valence-electron chi connectivity index (χ0n) is 21.0. The monoisotopic (exact) mass is 484 g/mol. The number of rotatable bonds is 1. The number of hydrogen-bond acceptors (Lipinski definition) is 7. The largest absolute Gasteiger partial charge is 0.456 e. The van der Waals surface area contributed by atoms with Crippen LogP contribution in [0.4, 0.5) is 0 Å². The number of ether oxygens (including phenoxy) is 3. The molecule has 1 spiro atoms. The van der Waals surface area contributed by atoms with Crippen LogP contribution in [-0.4, -0.2) is 51.3 Å². The highest BCUT2D eigenvalue weighted by molar-refractivity contribution is 5.98. The summed E-state index contributed by atoms with van der Waals surface area (Å²) in [6.07, 6.45) is 7.90. The number of fused-ring (bicyclic) bond motifs is 5. The third kappa shape index (κ3) is 2.93. The molecule has 0 radical (unpaired) electrons. The molecule has 1 unspecified atom stereocenters. The van der Waals surface area contributed by atoms with Crippen molar-refractivity contribution in [2.24, 2.45) is 23.2 Å². The molecule has 0 aromatic carbocycles. The van der Waals surface area contributed by atoms with Gasteiger partial charge in [-0.15, -0.1) is 0 Å². The molecule has 3 fully saturated rings. The lowest BCUT2D eigenvalue weighted by atomic mass is 9.55. The van der Waals surface area contributed by atoms with E-state index in [0.29, 0.717) is 44.1 Å². The molecule has 2 bridgehead atoms. The first-order chi connectivity index (χ1) is 16.5. The van der Waals surface area contributed by atoms with Gasteiger partial charge in [-0.3, -0.25) is 4.79 Å². The molecule has 0 aromatic rings. The highest BCUT2D eigenvalue weighted by Gasteiger charge is 2.72. The fraction of sp³-hybridized carbons (Fsp3) is 0.714. The predicted molar refractivity (Wildman–Crippen MR) is 126 cm³/mol. The molecule has 0 amide bonds. The highest BCUT2D eigenvalue weighted by atomic mass is 16.7. The molecule has 35 heavy (non-hydrogen) atoms. The van der Waals surface area contributed by atoms with E-state index >= 15 is 0 Å². The van der Waals surface area contributed by atoms with Crippen molar-refractivity contribution in [3.05, 3.63) is 34.9 Å². The lowest BCUT2D eigenvalue weighted by Gasteiger charge is -2.53. The van der Waals surface area contributed by atoms with Crippen molar-refractivity contribution in [3.8, 4) is 0 Å². The molecule has 3 saturated heterocycles. The molecule has 2 aliphatic carbocycles. The minimum absolute atomic E-state index is 0.0820. The molecule has 0 saturated carbocycles. The SMILES string of the molecule is CC1=C(C)C(=O)O[C@@H]([C@]2(C)OC(O)[C@@]34CC[C@H]5[C@@H](CC=C6CC=CC(=O)[C@@]65C)[C@@](O)(CC[C@H]23)O4)C1. The number of aliphatic hydroxyl groups excluding tert-OH is 1. The summed E-state index contributed by atoms with van der Waals surface area (Å²) in [7, 11) is 0. The van der Waals surface area contributed by atoms with Gasteiger partial charge in [0.25, 0.3) is 0 Å². The van der Waals surface area contributed by atoms with Crippen molar-refractivity contribution >= 4 is 11.8 Å². The Morgan fingerprint density at radius 3 is 2.60 bits per heavy atom. The van der Waals surface area contributed by atoms with Crippen LogP contribution in [0.1, 0.15) is 72.6 Å². The van der Waals surface area contributed by atoms with Gasteiger partial charge >= 0.3 is 5.97 Å². The Morgan fingerprint density at radius 2 is 1.86 bits per heavy atom. The zero-order chi connectivity index (χ0) is 25.0. The zero-order valence-corrected chi connectivity index (χ0v) is 21.0. The summed E-state index contributed by atoms with van der Waals surface area (Å²) in [6, 6.07) is 0. The lowest BCUT2D eigenvalue weighted by molar-refractivity contribution is -0.346. The van der Waals surface area contributed by atoms with Gasteiger partial charge in [0.1, 0.15) is 17.3 Å². The average molecular weight is 485 g/mol. The molecule has 6 rings (SSSR count). The Kier molecular flexibility index (Phi) is 4.97. The second kappa shape index (κ2) is 7.37. The van der Waals surface area contributed by atoms with Crippen LogP contribution in [0.25, 0.3) is 0 Å². The quantitative estimate of drug-likeness (QED) is 0.434. The third-order valence-corrected chi connectivity index (χ3v) is 10.6. The molecule has 4 aliphatic heterocycles. The molecule has 2 N–H and O–H groups in total. The fourth-order valence-electron chi connectivity index (χ4n) is 8.32. The van der Waals surface area contributed by atoms with E-state index in [1.165, 1.54) is 0 Å². The van der Waals surface area contributed by atoms with Gasteiger partial charge in [0.05, 0.1) is 5.41 Å². The first-order valence-electron chi connectivity index (χ1n) is 13.0. The number of esters is 1. The summed E-state index contributed by atoms with van der Waals surface area (Å²) in [5.41, 5.74) is -0.0488. The molecule has 9 atom stereocenters. The Bertz CT molecular complexity index is 1090. The van der Waals surface area contributed by atoms with Gasteiger partial charge in [0.2, 0.25) is 0 Å². The standard InChI is InChI=1S/C28H36O7/c1-15-14-22(33-23(30)16(15)2)26(4)20-11-13-28(32)19-9-8-17-6-5-7-21(29)25(17,3)18(19)10-12-27(20,35-28)24(31)34-26/h5,7-8,18-20,22,24,31-32H,6,9-14H2,1-4H3/t18-,19+,20+,22+,24?,25-,26+,27+,28+/m0/s1. The van der Waals surface area contributed by atoms with Crippen LogP contribution in [0.2, 0.25) is 0 Å². The number of ketones is 1. The van der Waals surface area contributed by atoms with Crippen molar-refractivity contribution in [2.45, 2.75) is 102 Å². The maximum absolute atomic E-state index is 13.2. The summed E-state index contributed by atoms with van der Waals surface area (Å²) in [5.74, 6) is -2.34. The summed E-state index contributed by atoms with van der Waals surface area (Å²) >= 11 is 0. The third-order valence-electron chi connectivity index (χ3n) is 10.6. The topological polar surface area (TPSA) is 102 Å². The van der Waals surface area contributed by atoms with Gasteiger partial charge in [-0.1, -0.05) is 23.3 Å². The van der Waals surface area contributed by atoms with E-state index in [4.69, 9.17) is 14.2 Å². The molecular formula is C28H36O7. The van der Waals surface area contributed by atoms with Crippen LogP contribution in [0, 0.1) is 23.2 Å². The number of cyclic esters (lactones) is 1. The maximum Gasteiger partial charge on any atom is 0.334 e. The van der Waals surface area contributed by atoms with Crippen molar-refractivity contribution in [1.29, 1.82) is 0 Å². The number of carbonyl (C=O) groups excluding carboxylic acids is 2. The van der Waals surface area contributed by atoms with Gasteiger partial charge < -0.3 is 24.4 Å². The normalized spacial score (nSPS) is 51.1. The van der Waals surface area contributed by atoms with Crippen LogP contribution < -0.4 is 0 Å². The molecule has 6 aliphatic rings. The molecule has 0 aromatic heterocycles. The average Bonchev–Trinajstić information content (AvgIpc) is 2.96. The predicted octanol–water partition coefficient (Wildman–Crippen LogP) is 3.49. The molecule has 190 valence electrons. The van der Waals surface area contributed by atoms with E-state index in [-0.39, 0.29) is 29.5 Å². The van der Waals surface area contributed by atoms with E-state index in [1.54, 1.807) is 13.0 Å². The van der Waals surface area contributed by atoms with Crippen molar-refractivity contribution in [2.75, 3.05) is 0 Å². The first kappa shape index (κ1) is 23.6. The Morgan fingerprint density at radius 1 is 1.09 bits per heavy atom. The Hall–Kier alpha value is -1.80. The van der Waals surface area contributed by atoms with Crippen LogP contribution >= 0.6 is 0 Å². The van der Waals surface area contributed by atoms with Crippen molar-refractivity contribution in [3.63, 3.8) is 0 Å². The Labute approximate surface area is 206 Å². The summed E-state index contributed by atoms with van der Waals surface area (Å²) < 4.78 is 18.7. The number of hydrogen-bond donors (Lipinski definition) is 2. The van der Waals surface area contributed by atoms with Crippen LogP contribution in [0.5, 0.6) is 0 Å². The van der Waals surface area contributed by atoms with E-state index in [0.717, 1.165) is 17.6 Å². The van der Waals surface area contributed by atoms with Crippen molar-refractivity contribution in [1.82, 2.24) is 0 Å². The number of allylic oxidation sites excluding steroid dienone is 4. The summed E-state index contributed by atoms with van der Waals surface area (Å²) in [5, 5.41) is 23.4. The second-order valence-corrected chi connectivity index (χ2v) is 12.0. The number of carbonyl (C=O) groups is 2. The molecule has 7 heteroatoms. The summed E-state index contributed by atoms with van der Waals surface area (Å²) in [6.45, 7) is 7.62. The number of aliphatic hydroxyl groups is 2. The van der Waals surface area contributed by atoms with Gasteiger partial charge in [0.15, 0.2) is 17.9 Å².